The average Bonchev–Trinajstić information content (AvgIpc) is 3.04. The molecule has 2 heterocycles. The molecule has 1 aliphatic heterocycles. The molecule has 7 heteroatoms. The third kappa shape index (κ3) is 4.15. The van der Waals surface area contributed by atoms with Gasteiger partial charge in [-0.2, -0.15) is 0 Å². The lowest BCUT2D eigenvalue weighted by atomic mass is 10.0. The maximum absolute atomic E-state index is 12.9. The standard InChI is InChI=1S/C22H23N3O2S.ClH/c1-13(2)25-10-9-17-18(12-25)28-22(19(17)20(23)26)24-21(27)16-8-7-14-5-3-4-6-15(14)11-16;/h3-8,11,13H,9-10,12H2,1-2H3,(H2,23,26)(H,24,27);1H/p-1. The van der Waals surface area contributed by atoms with E-state index in [9.17, 15) is 9.59 Å². The van der Waals surface area contributed by atoms with E-state index in [4.69, 9.17) is 5.73 Å². The highest BCUT2D eigenvalue weighted by Gasteiger charge is 2.28. The molecular formula is C22H23ClN3O2S-. The first-order valence-electron chi connectivity index (χ1n) is 9.42. The van der Waals surface area contributed by atoms with Crippen molar-refractivity contribution < 1.29 is 22.0 Å². The van der Waals surface area contributed by atoms with Crippen LogP contribution in [0.5, 0.6) is 0 Å². The number of amides is 2. The van der Waals surface area contributed by atoms with E-state index in [1.165, 1.54) is 11.3 Å². The number of rotatable bonds is 4. The van der Waals surface area contributed by atoms with Crippen molar-refractivity contribution in [3.05, 3.63) is 64.0 Å². The number of anilines is 1. The summed E-state index contributed by atoms with van der Waals surface area (Å²) in [6, 6.07) is 13.9. The van der Waals surface area contributed by atoms with Gasteiger partial charge in [0.25, 0.3) is 11.8 Å². The summed E-state index contributed by atoms with van der Waals surface area (Å²) in [6.45, 7) is 6.00. The van der Waals surface area contributed by atoms with E-state index in [0.717, 1.165) is 40.7 Å². The second-order valence-electron chi connectivity index (χ2n) is 7.40. The number of nitrogens with one attached hydrogen (secondary N) is 1. The Hall–Kier alpha value is -2.41. The van der Waals surface area contributed by atoms with Gasteiger partial charge in [-0.3, -0.25) is 14.5 Å². The number of halogens is 1. The minimum atomic E-state index is -0.482. The van der Waals surface area contributed by atoms with Gasteiger partial charge in [-0.15, -0.1) is 11.3 Å². The number of nitrogens with zero attached hydrogens (tertiary/aromatic N) is 1. The summed E-state index contributed by atoms with van der Waals surface area (Å²) < 4.78 is 0. The maximum Gasteiger partial charge on any atom is 0.256 e. The quantitative estimate of drug-likeness (QED) is 0.651. The van der Waals surface area contributed by atoms with Crippen LogP contribution in [-0.2, 0) is 13.0 Å². The van der Waals surface area contributed by atoms with Gasteiger partial charge in [-0.1, -0.05) is 30.3 Å². The minimum absolute atomic E-state index is 0. The number of nitrogens with two attached hydrogens (primary N) is 1. The van der Waals surface area contributed by atoms with Crippen LogP contribution in [0.4, 0.5) is 5.00 Å². The number of hydrogen-bond donors (Lipinski definition) is 2. The van der Waals surface area contributed by atoms with Gasteiger partial charge in [0, 0.05) is 29.6 Å². The van der Waals surface area contributed by atoms with Crippen molar-refractivity contribution in [3.63, 3.8) is 0 Å². The summed E-state index contributed by atoms with van der Waals surface area (Å²) in [5.41, 5.74) is 7.69. The zero-order valence-electron chi connectivity index (χ0n) is 16.4. The molecule has 0 radical (unpaired) electrons. The summed E-state index contributed by atoms with van der Waals surface area (Å²) in [5.74, 6) is -0.711. The van der Waals surface area contributed by atoms with Crippen molar-refractivity contribution in [2.75, 3.05) is 11.9 Å². The lowest BCUT2D eigenvalue weighted by molar-refractivity contribution is -0.0000216. The topological polar surface area (TPSA) is 75.4 Å². The van der Waals surface area contributed by atoms with Crippen molar-refractivity contribution in [3.8, 4) is 0 Å². The van der Waals surface area contributed by atoms with E-state index >= 15 is 0 Å². The van der Waals surface area contributed by atoms with Gasteiger partial charge in [-0.05, 0) is 48.7 Å². The fraction of sp³-hybridized carbons (Fsp3) is 0.273. The Bertz CT molecular complexity index is 1080. The fourth-order valence-electron chi connectivity index (χ4n) is 3.72. The Balaban J connectivity index is 0.00000240. The first-order chi connectivity index (χ1) is 13.4. The molecule has 0 spiro atoms. The molecule has 0 atom stereocenters. The van der Waals surface area contributed by atoms with Crippen LogP contribution in [0.1, 0.15) is 45.0 Å². The summed E-state index contributed by atoms with van der Waals surface area (Å²) in [7, 11) is 0. The normalized spacial score (nSPS) is 13.8. The molecule has 0 unspecified atom stereocenters. The van der Waals surface area contributed by atoms with Crippen LogP contribution in [0.3, 0.4) is 0 Å². The van der Waals surface area contributed by atoms with Crippen molar-refractivity contribution >= 4 is 38.9 Å². The molecule has 0 saturated heterocycles. The molecule has 2 amide bonds. The van der Waals surface area contributed by atoms with E-state index in [2.05, 4.69) is 24.1 Å². The Morgan fingerprint density at radius 3 is 2.55 bits per heavy atom. The van der Waals surface area contributed by atoms with E-state index in [1.807, 2.05) is 36.4 Å². The van der Waals surface area contributed by atoms with Crippen LogP contribution in [-0.4, -0.2) is 29.3 Å². The molecule has 152 valence electrons. The van der Waals surface area contributed by atoms with Crippen molar-refractivity contribution in [2.45, 2.75) is 32.9 Å². The summed E-state index contributed by atoms with van der Waals surface area (Å²) in [4.78, 5) is 28.5. The smallest absolute Gasteiger partial charge is 0.256 e. The molecule has 1 aromatic heterocycles. The number of primary amides is 1. The summed E-state index contributed by atoms with van der Waals surface area (Å²) in [6.07, 6.45) is 0.772. The largest absolute Gasteiger partial charge is 1.00 e. The molecule has 5 nitrogen and oxygen atoms in total. The molecule has 4 rings (SSSR count). The van der Waals surface area contributed by atoms with Crippen LogP contribution in [0, 0.1) is 0 Å². The molecule has 2 aromatic carbocycles. The minimum Gasteiger partial charge on any atom is -1.00 e. The molecule has 3 N–H and O–H groups in total. The molecule has 0 fully saturated rings. The van der Waals surface area contributed by atoms with Crippen molar-refractivity contribution in [1.82, 2.24) is 4.90 Å². The number of hydrogen-bond acceptors (Lipinski definition) is 4. The van der Waals surface area contributed by atoms with Gasteiger partial charge in [0.1, 0.15) is 5.00 Å². The van der Waals surface area contributed by atoms with Gasteiger partial charge >= 0.3 is 0 Å². The van der Waals surface area contributed by atoms with E-state index in [1.54, 1.807) is 6.07 Å². The Morgan fingerprint density at radius 2 is 1.86 bits per heavy atom. The molecule has 1 aliphatic rings. The molecular weight excluding hydrogens is 406 g/mol. The van der Waals surface area contributed by atoms with Gasteiger partial charge in [0.2, 0.25) is 0 Å². The molecule has 0 saturated carbocycles. The van der Waals surface area contributed by atoms with Gasteiger partial charge < -0.3 is 23.5 Å². The van der Waals surface area contributed by atoms with Gasteiger partial charge in [-0.25, -0.2) is 0 Å². The zero-order chi connectivity index (χ0) is 19.8. The maximum atomic E-state index is 12.9. The monoisotopic (exact) mass is 428 g/mol. The van der Waals surface area contributed by atoms with Crippen LogP contribution in [0.2, 0.25) is 0 Å². The Labute approximate surface area is 180 Å². The number of fused-ring (bicyclic) bond motifs is 2. The number of thiophene rings is 1. The predicted molar refractivity (Wildman–Crippen MR) is 114 cm³/mol. The van der Waals surface area contributed by atoms with Crippen molar-refractivity contribution in [2.24, 2.45) is 5.73 Å². The van der Waals surface area contributed by atoms with E-state index < -0.39 is 5.91 Å². The predicted octanol–water partition coefficient (Wildman–Crippen LogP) is 1.02. The second kappa shape index (κ2) is 8.53. The van der Waals surface area contributed by atoms with Crippen molar-refractivity contribution in [1.29, 1.82) is 0 Å². The lowest BCUT2D eigenvalue weighted by Gasteiger charge is -2.30. The molecule has 3 aromatic rings. The van der Waals surface area contributed by atoms with Gasteiger partial charge in [0.15, 0.2) is 0 Å². The highest BCUT2D eigenvalue weighted by atomic mass is 35.5. The first-order valence-corrected chi connectivity index (χ1v) is 10.2. The van der Waals surface area contributed by atoms with E-state index in [0.29, 0.717) is 22.2 Å². The molecule has 0 bridgehead atoms. The zero-order valence-corrected chi connectivity index (χ0v) is 17.9. The van der Waals surface area contributed by atoms with Crippen LogP contribution in [0.25, 0.3) is 10.8 Å². The fourth-order valence-corrected chi connectivity index (χ4v) is 4.99. The first kappa shape index (κ1) is 21.3. The van der Waals surface area contributed by atoms with Crippen LogP contribution >= 0.6 is 11.3 Å². The number of carbonyl (C=O) groups is 2. The molecule has 0 aliphatic carbocycles. The van der Waals surface area contributed by atoms with E-state index in [-0.39, 0.29) is 18.3 Å². The average molecular weight is 429 g/mol. The summed E-state index contributed by atoms with van der Waals surface area (Å²) in [5, 5.41) is 5.57. The highest BCUT2D eigenvalue weighted by molar-refractivity contribution is 7.17. The SMILES string of the molecule is CC(C)N1CCc2c(sc(NC(=O)c3ccc4ccccc4c3)c2C(N)=O)C1.[Cl-]. The van der Waals surface area contributed by atoms with Crippen LogP contribution in [0.15, 0.2) is 42.5 Å². The third-order valence-electron chi connectivity index (χ3n) is 5.30. The number of carbonyl (C=O) groups excluding carboxylic acids is 2. The highest BCUT2D eigenvalue weighted by Crippen LogP contribution is 2.37. The number of benzene rings is 2. The van der Waals surface area contributed by atoms with Gasteiger partial charge in [0.05, 0.1) is 5.56 Å². The van der Waals surface area contributed by atoms with Crippen LogP contribution < -0.4 is 23.5 Å². The Morgan fingerprint density at radius 1 is 1.14 bits per heavy atom. The summed E-state index contributed by atoms with van der Waals surface area (Å²) >= 11 is 1.46. The lowest BCUT2D eigenvalue weighted by Crippen LogP contribution is -3.00. The molecule has 29 heavy (non-hydrogen) atoms. The Kier molecular flexibility index (Phi) is 6.27. The second-order valence-corrected chi connectivity index (χ2v) is 8.51. The third-order valence-corrected chi connectivity index (χ3v) is 6.43.